The second kappa shape index (κ2) is 18.0. The third kappa shape index (κ3) is 12.7. The Morgan fingerprint density at radius 3 is 2.02 bits per heavy atom. The van der Waals surface area contributed by atoms with E-state index in [0.29, 0.717) is 19.5 Å². The zero-order valence-corrected chi connectivity index (χ0v) is 26.8. The summed E-state index contributed by atoms with van der Waals surface area (Å²) in [5.74, 6) is -0.265. The fourth-order valence-corrected chi connectivity index (χ4v) is 4.97. The van der Waals surface area contributed by atoms with Crippen LogP contribution in [0.15, 0.2) is 18.2 Å². The number of unbranched alkanes of at least 4 members (excludes halogenated alkanes) is 6. The lowest BCUT2D eigenvalue weighted by Gasteiger charge is -2.36. The summed E-state index contributed by atoms with van der Waals surface area (Å²) in [6.07, 6.45) is 7.93. The van der Waals surface area contributed by atoms with Crippen molar-refractivity contribution >= 4 is 17.9 Å². The Labute approximate surface area is 244 Å². The maximum atomic E-state index is 14.4. The first-order chi connectivity index (χ1) is 18.8. The number of alkyl carbamates (subject to hydrolysis) is 1. The predicted molar refractivity (Wildman–Crippen MR) is 164 cm³/mol. The second-order valence-electron chi connectivity index (χ2n) is 12.5. The van der Waals surface area contributed by atoms with Crippen LogP contribution in [0, 0.1) is 19.8 Å². The quantitative estimate of drug-likeness (QED) is 0.195. The second-order valence-corrected chi connectivity index (χ2v) is 12.5. The molecule has 7 nitrogen and oxygen atoms in total. The molecule has 0 saturated carbocycles. The van der Waals surface area contributed by atoms with Gasteiger partial charge in [0.05, 0.1) is 0 Å². The molecule has 0 aromatic heterocycles. The fraction of sp³-hybridized carbons (Fsp3) is 0.727. The number of nitrogens with one attached hydrogen (secondary N) is 2. The molecule has 3 amide bonds. The van der Waals surface area contributed by atoms with E-state index in [0.717, 1.165) is 68.1 Å². The van der Waals surface area contributed by atoms with Crippen molar-refractivity contribution in [3.63, 3.8) is 0 Å². The van der Waals surface area contributed by atoms with Gasteiger partial charge in [-0.05, 0) is 76.5 Å². The van der Waals surface area contributed by atoms with Crippen LogP contribution in [-0.2, 0) is 14.3 Å². The van der Waals surface area contributed by atoms with Gasteiger partial charge in [0, 0.05) is 13.1 Å². The minimum atomic E-state index is -0.801. The lowest BCUT2D eigenvalue weighted by Crippen LogP contribution is -2.54. The molecule has 2 unspecified atom stereocenters. The Morgan fingerprint density at radius 2 is 1.48 bits per heavy atom. The highest BCUT2D eigenvalue weighted by Crippen LogP contribution is 2.30. The molecule has 2 atom stereocenters. The van der Waals surface area contributed by atoms with E-state index >= 15 is 0 Å². The van der Waals surface area contributed by atoms with Crippen LogP contribution in [0.25, 0.3) is 0 Å². The highest BCUT2D eigenvalue weighted by molar-refractivity contribution is 5.92. The molecule has 0 saturated heterocycles. The summed E-state index contributed by atoms with van der Waals surface area (Å²) in [6.45, 7) is 18.7. The van der Waals surface area contributed by atoms with E-state index in [-0.39, 0.29) is 17.7 Å². The number of rotatable bonds is 17. The van der Waals surface area contributed by atoms with Gasteiger partial charge in [-0.15, -0.1) is 0 Å². The number of carbonyl (C=O) groups excluding carboxylic acids is 3. The Morgan fingerprint density at radius 1 is 0.900 bits per heavy atom. The van der Waals surface area contributed by atoms with Gasteiger partial charge in [-0.2, -0.15) is 0 Å². The van der Waals surface area contributed by atoms with E-state index in [1.807, 2.05) is 45.9 Å². The van der Waals surface area contributed by atoms with E-state index in [4.69, 9.17) is 4.74 Å². The van der Waals surface area contributed by atoms with Gasteiger partial charge < -0.3 is 20.3 Å². The number of amides is 3. The smallest absolute Gasteiger partial charge is 0.408 e. The molecule has 1 aromatic rings. The fourth-order valence-electron chi connectivity index (χ4n) is 4.97. The van der Waals surface area contributed by atoms with Crippen LogP contribution in [0.2, 0.25) is 0 Å². The Kier molecular flexibility index (Phi) is 15.9. The molecule has 7 heteroatoms. The summed E-state index contributed by atoms with van der Waals surface area (Å²) in [7, 11) is 0. The average Bonchev–Trinajstić information content (AvgIpc) is 2.84. The standard InChI is InChI=1S/C33H57N3O4/c1-10-12-14-15-17-22-36(31(38)27(23-24(3)4)35-32(39)40-33(7,8)9)29(30(37)34-21-16-13-11-2)28-25(5)19-18-20-26(28)6/h18-20,24,27,29H,10-17,21-23H2,1-9H3,(H,34,37)(H,35,39). The van der Waals surface area contributed by atoms with Crippen molar-refractivity contribution in [3.05, 3.63) is 34.9 Å². The molecule has 0 spiro atoms. The summed E-state index contributed by atoms with van der Waals surface area (Å²) in [4.78, 5) is 42.9. The summed E-state index contributed by atoms with van der Waals surface area (Å²) in [6, 6.07) is 4.39. The molecule has 0 radical (unpaired) electrons. The number of carbonyl (C=O) groups is 3. The molecular weight excluding hydrogens is 502 g/mol. The van der Waals surface area contributed by atoms with Crippen LogP contribution in [0.5, 0.6) is 0 Å². The van der Waals surface area contributed by atoms with Crippen molar-refractivity contribution in [2.75, 3.05) is 13.1 Å². The molecule has 0 aliphatic carbocycles. The van der Waals surface area contributed by atoms with E-state index < -0.39 is 23.8 Å². The molecule has 2 N–H and O–H groups in total. The third-order valence-corrected chi connectivity index (χ3v) is 6.94. The SMILES string of the molecule is CCCCCCCN(C(=O)C(CC(C)C)NC(=O)OC(C)(C)C)C(C(=O)NCCCCC)c1c(C)cccc1C. The first-order valence-corrected chi connectivity index (χ1v) is 15.5. The number of hydrogen-bond donors (Lipinski definition) is 2. The van der Waals surface area contributed by atoms with E-state index in [1.54, 1.807) is 25.7 Å². The summed E-state index contributed by atoms with van der Waals surface area (Å²) >= 11 is 0. The molecule has 228 valence electrons. The predicted octanol–water partition coefficient (Wildman–Crippen LogP) is 7.39. The van der Waals surface area contributed by atoms with Crippen LogP contribution in [0.3, 0.4) is 0 Å². The van der Waals surface area contributed by atoms with Gasteiger partial charge in [-0.3, -0.25) is 9.59 Å². The maximum absolute atomic E-state index is 14.4. The Hall–Kier alpha value is -2.57. The number of ether oxygens (including phenoxy) is 1. The van der Waals surface area contributed by atoms with Crippen molar-refractivity contribution < 1.29 is 19.1 Å². The first-order valence-electron chi connectivity index (χ1n) is 15.5. The largest absolute Gasteiger partial charge is 0.444 e. The van der Waals surface area contributed by atoms with Gasteiger partial charge in [-0.25, -0.2) is 4.79 Å². The van der Waals surface area contributed by atoms with Crippen molar-refractivity contribution in [1.82, 2.24) is 15.5 Å². The molecule has 40 heavy (non-hydrogen) atoms. The van der Waals surface area contributed by atoms with Gasteiger partial charge in [0.2, 0.25) is 11.8 Å². The zero-order chi connectivity index (χ0) is 30.3. The van der Waals surface area contributed by atoms with Gasteiger partial charge >= 0.3 is 6.09 Å². The van der Waals surface area contributed by atoms with Gasteiger partial charge in [0.25, 0.3) is 0 Å². The number of benzene rings is 1. The van der Waals surface area contributed by atoms with E-state index in [2.05, 4.69) is 24.5 Å². The molecule has 1 rings (SSSR count). The summed E-state index contributed by atoms with van der Waals surface area (Å²) in [5, 5.41) is 5.97. The normalized spacial score (nSPS) is 13.1. The number of aryl methyl sites for hydroxylation is 2. The summed E-state index contributed by atoms with van der Waals surface area (Å²) < 4.78 is 5.51. The third-order valence-electron chi connectivity index (χ3n) is 6.94. The zero-order valence-electron chi connectivity index (χ0n) is 26.8. The summed E-state index contributed by atoms with van der Waals surface area (Å²) in [5.41, 5.74) is 2.11. The van der Waals surface area contributed by atoms with Crippen molar-refractivity contribution in [2.45, 2.75) is 138 Å². The minimum absolute atomic E-state index is 0.150. The molecule has 0 aliphatic rings. The lowest BCUT2D eigenvalue weighted by atomic mass is 9.92. The van der Waals surface area contributed by atoms with Crippen LogP contribution in [0.4, 0.5) is 4.79 Å². The first kappa shape index (κ1) is 35.5. The number of nitrogens with zero attached hydrogens (tertiary/aromatic N) is 1. The minimum Gasteiger partial charge on any atom is -0.444 e. The van der Waals surface area contributed by atoms with Gasteiger partial charge in [0.1, 0.15) is 17.7 Å². The van der Waals surface area contributed by atoms with Gasteiger partial charge in [-0.1, -0.05) is 84.4 Å². The molecule has 0 fully saturated rings. The highest BCUT2D eigenvalue weighted by atomic mass is 16.6. The molecule has 1 aromatic carbocycles. The number of hydrogen-bond acceptors (Lipinski definition) is 4. The molecule has 0 heterocycles. The molecular formula is C33H57N3O4. The maximum Gasteiger partial charge on any atom is 0.408 e. The van der Waals surface area contributed by atoms with E-state index in [9.17, 15) is 14.4 Å². The van der Waals surface area contributed by atoms with Gasteiger partial charge in [0.15, 0.2) is 0 Å². The molecule has 0 bridgehead atoms. The Balaban J connectivity index is 3.52. The van der Waals surface area contributed by atoms with E-state index in [1.165, 1.54) is 0 Å². The molecule has 0 aliphatic heterocycles. The van der Waals surface area contributed by atoms with Crippen LogP contribution < -0.4 is 10.6 Å². The topological polar surface area (TPSA) is 87.7 Å². The Bertz CT molecular complexity index is 903. The lowest BCUT2D eigenvalue weighted by molar-refractivity contribution is -0.143. The highest BCUT2D eigenvalue weighted by Gasteiger charge is 2.37. The van der Waals surface area contributed by atoms with Crippen molar-refractivity contribution in [1.29, 1.82) is 0 Å². The van der Waals surface area contributed by atoms with Crippen LogP contribution >= 0.6 is 0 Å². The van der Waals surface area contributed by atoms with Crippen LogP contribution in [0.1, 0.15) is 129 Å². The van der Waals surface area contributed by atoms with Crippen molar-refractivity contribution in [2.24, 2.45) is 5.92 Å². The average molecular weight is 560 g/mol. The monoisotopic (exact) mass is 559 g/mol. The van der Waals surface area contributed by atoms with Crippen molar-refractivity contribution in [3.8, 4) is 0 Å². The van der Waals surface area contributed by atoms with Crippen LogP contribution in [-0.4, -0.2) is 47.5 Å².